The zero-order valence-electron chi connectivity index (χ0n) is 24.0. The number of nitrogens with zero attached hydrogens (tertiary/aromatic N) is 1. The molecule has 0 saturated heterocycles. The molecule has 5 rings (SSSR count). The molecule has 4 aromatic rings. The van der Waals surface area contributed by atoms with E-state index in [2.05, 4.69) is 101 Å². The van der Waals surface area contributed by atoms with Gasteiger partial charge < -0.3 is 4.90 Å². The number of rotatable bonds is 3. The summed E-state index contributed by atoms with van der Waals surface area (Å²) in [6.45, 7) is 10.9. The van der Waals surface area contributed by atoms with Crippen molar-refractivity contribution in [2.45, 2.75) is 59.3 Å². The Kier molecular flexibility index (Phi) is 4.41. The van der Waals surface area contributed by atoms with Crippen LogP contribution in [0.5, 0.6) is 0 Å². The first kappa shape index (κ1) is 19.0. The van der Waals surface area contributed by atoms with Crippen LogP contribution < -0.4 is 4.90 Å². The first-order valence-electron chi connectivity index (χ1n) is 13.6. The molecule has 4 aromatic carbocycles. The summed E-state index contributed by atoms with van der Waals surface area (Å²) in [4.78, 5) is 2.30. The van der Waals surface area contributed by atoms with Gasteiger partial charge in [0.1, 0.15) is 0 Å². The molecule has 0 saturated carbocycles. The third-order valence-electron chi connectivity index (χ3n) is 7.16. The van der Waals surface area contributed by atoms with E-state index in [1.54, 1.807) is 6.07 Å². The number of anilines is 2. The maximum atomic E-state index is 8.53. The number of hydrogen-bond donors (Lipinski definition) is 0. The van der Waals surface area contributed by atoms with Crippen molar-refractivity contribution in [3.63, 3.8) is 0 Å². The molecular weight excluding hydrogens is 410 g/mol. The van der Waals surface area contributed by atoms with Gasteiger partial charge in [-0.3, -0.25) is 0 Å². The lowest BCUT2D eigenvalue weighted by Gasteiger charge is -2.42. The van der Waals surface area contributed by atoms with Crippen molar-refractivity contribution in [1.29, 1.82) is 0 Å². The van der Waals surface area contributed by atoms with Crippen molar-refractivity contribution in [2.75, 3.05) is 4.90 Å². The molecule has 0 N–H and O–H groups in total. The Hall–Kier alpha value is -3.32. The fourth-order valence-corrected chi connectivity index (χ4v) is 5.59. The number of fused-ring (bicyclic) bond motifs is 3. The average molecular weight is 449 g/mol. The lowest BCUT2D eigenvalue weighted by Crippen LogP contribution is -2.39. The van der Waals surface area contributed by atoms with Crippen LogP contribution in [0.25, 0.3) is 22.3 Å². The van der Waals surface area contributed by atoms with E-state index in [1.807, 2.05) is 24.3 Å². The monoisotopic (exact) mass is 448 g/mol. The molecule has 0 aromatic heterocycles. The summed E-state index contributed by atoms with van der Waals surface area (Å²) in [5.41, 5.74) is 9.70. The third kappa shape index (κ3) is 3.38. The second kappa shape index (κ2) is 7.87. The normalized spacial score (nSPS) is 15.6. The molecule has 0 heterocycles. The lowest BCUT2D eigenvalue weighted by atomic mass is 9.82. The summed E-state index contributed by atoms with van der Waals surface area (Å²) in [6, 6.07) is 28.9. The molecule has 34 heavy (non-hydrogen) atoms. The van der Waals surface area contributed by atoms with Crippen molar-refractivity contribution >= 4 is 11.4 Å². The molecule has 1 heteroatoms. The minimum absolute atomic E-state index is 0.149. The topological polar surface area (TPSA) is 3.24 Å². The quantitative estimate of drug-likeness (QED) is 0.302. The van der Waals surface area contributed by atoms with Gasteiger partial charge in [0, 0.05) is 26.2 Å². The highest BCUT2D eigenvalue weighted by molar-refractivity contribution is 5.96. The molecule has 0 amide bonds. The van der Waals surface area contributed by atoms with Crippen LogP contribution in [0.2, 0.25) is 0 Å². The predicted molar refractivity (Wildman–Crippen MR) is 147 cm³/mol. The largest absolute Gasteiger partial charge is 0.335 e. The van der Waals surface area contributed by atoms with Crippen LogP contribution in [-0.4, -0.2) is 5.54 Å². The first-order chi connectivity index (χ1) is 17.3. The summed E-state index contributed by atoms with van der Waals surface area (Å²) in [7, 11) is 0. The van der Waals surface area contributed by atoms with Gasteiger partial charge in [0.2, 0.25) is 0 Å². The van der Waals surface area contributed by atoms with Crippen molar-refractivity contribution in [3.8, 4) is 22.3 Å². The van der Waals surface area contributed by atoms with E-state index < -0.39 is 12.4 Å². The second-order valence-electron chi connectivity index (χ2n) is 10.9. The molecule has 0 unspecified atom stereocenters. The summed E-state index contributed by atoms with van der Waals surface area (Å²) >= 11 is 0. The van der Waals surface area contributed by atoms with E-state index in [-0.39, 0.29) is 5.41 Å². The van der Waals surface area contributed by atoms with Crippen LogP contribution in [0.1, 0.15) is 61.0 Å². The first-order valence-corrected chi connectivity index (χ1v) is 12.1. The number of benzene rings is 4. The number of aryl methyl sites for hydroxylation is 2. The van der Waals surface area contributed by atoms with Gasteiger partial charge in [0.05, 0.1) is 11.4 Å². The highest BCUT2D eigenvalue weighted by Crippen LogP contribution is 2.55. The number of hydrogen-bond acceptors (Lipinski definition) is 1. The van der Waals surface area contributed by atoms with E-state index in [0.29, 0.717) is 5.56 Å². The molecule has 172 valence electrons. The van der Waals surface area contributed by atoms with Crippen LogP contribution in [-0.2, 0) is 5.41 Å². The Morgan fingerprint density at radius 1 is 0.676 bits per heavy atom. The molecule has 0 atom stereocenters. The van der Waals surface area contributed by atoms with Gasteiger partial charge in [0.25, 0.3) is 0 Å². The van der Waals surface area contributed by atoms with Gasteiger partial charge in [-0.25, -0.2) is 0 Å². The van der Waals surface area contributed by atoms with Gasteiger partial charge >= 0.3 is 0 Å². The Morgan fingerprint density at radius 2 is 1.35 bits per heavy atom. The van der Waals surface area contributed by atoms with Gasteiger partial charge in [-0.05, 0) is 67.9 Å². The second-order valence-corrected chi connectivity index (χ2v) is 10.9. The zero-order valence-corrected chi connectivity index (χ0v) is 21.0. The van der Waals surface area contributed by atoms with E-state index >= 15 is 0 Å². The molecule has 0 bridgehead atoms. The van der Waals surface area contributed by atoms with Crippen LogP contribution in [0.4, 0.5) is 11.4 Å². The lowest BCUT2D eigenvalue weighted by molar-refractivity contribution is 0.559. The highest BCUT2D eigenvalue weighted by atomic mass is 15.2. The van der Waals surface area contributed by atoms with E-state index in [9.17, 15) is 0 Å². The minimum Gasteiger partial charge on any atom is -0.335 e. The maximum Gasteiger partial charge on any atom is 0.0528 e. The van der Waals surface area contributed by atoms with E-state index in [0.717, 1.165) is 28.1 Å². The van der Waals surface area contributed by atoms with Gasteiger partial charge in [-0.2, -0.15) is 0 Å². The minimum atomic E-state index is -2.27. The third-order valence-corrected chi connectivity index (χ3v) is 7.16. The van der Waals surface area contributed by atoms with Crippen LogP contribution >= 0.6 is 0 Å². The van der Waals surface area contributed by atoms with Gasteiger partial charge in [-0.15, -0.1) is 0 Å². The van der Waals surface area contributed by atoms with E-state index in [4.69, 9.17) is 4.11 Å². The highest BCUT2D eigenvalue weighted by Gasteiger charge is 2.40. The summed E-state index contributed by atoms with van der Waals surface area (Å²) in [5, 5.41) is 0. The molecule has 1 nitrogen and oxygen atoms in total. The zero-order chi connectivity index (χ0) is 26.8. The standard InChI is InChI=1S/C33H35N/c1-22-14-13-18-25(24-15-9-8-10-16-24)30(22)34(32(3,4)5)31-23(2)20-21-28-29(31)26-17-11-12-19-27(26)33(28,6)7/h8-21H,1-7H3/i1D3. The predicted octanol–water partition coefficient (Wildman–Crippen LogP) is 9.21. The molecule has 0 fully saturated rings. The molecule has 0 spiro atoms. The average Bonchev–Trinajstić information content (AvgIpc) is 3.07. The van der Waals surface area contributed by atoms with Crippen molar-refractivity contribution in [3.05, 3.63) is 107 Å². The Morgan fingerprint density at radius 3 is 2.06 bits per heavy atom. The number of para-hydroxylation sites is 1. The van der Waals surface area contributed by atoms with Crippen LogP contribution in [0, 0.1) is 13.8 Å². The molecule has 1 aliphatic carbocycles. The molecular formula is C33H35N. The molecule has 1 aliphatic rings. The van der Waals surface area contributed by atoms with Crippen LogP contribution in [0.3, 0.4) is 0 Å². The molecule has 0 radical (unpaired) electrons. The van der Waals surface area contributed by atoms with Crippen LogP contribution in [0.15, 0.2) is 84.9 Å². The van der Waals surface area contributed by atoms with E-state index in [1.165, 1.54) is 22.3 Å². The Balaban J connectivity index is 1.93. The Bertz CT molecular complexity index is 1470. The van der Waals surface area contributed by atoms with Crippen molar-refractivity contribution in [1.82, 2.24) is 0 Å². The summed E-state index contributed by atoms with van der Waals surface area (Å²) in [6.07, 6.45) is 0. The van der Waals surface area contributed by atoms with Crippen molar-refractivity contribution < 1.29 is 4.11 Å². The van der Waals surface area contributed by atoms with Gasteiger partial charge in [-0.1, -0.05) is 98.8 Å². The smallest absolute Gasteiger partial charge is 0.0528 e. The fourth-order valence-electron chi connectivity index (χ4n) is 5.59. The summed E-state index contributed by atoms with van der Waals surface area (Å²) < 4.78 is 25.6. The molecule has 0 aliphatic heterocycles. The van der Waals surface area contributed by atoms with Gasteiger partial charge in [0.15, 0.2) is 0 Å². The SMILES string of the molecule is [2H]C([2H])([2H])c1cccc(-c2ccccc2)c1N(c1c(C)ccc2c1-c1ccccc1C2(C)C)C(C)(C)C. The van der Waals surface area contributed by atoms with Crippen molar-refractivity contribution in [2.24, 2.45) is 0 Å². The summed E-state index contributed by atoms with van der Waals surface area (Å²) in [5.74, 6) is 0. The fraction of sp³-hybridized carbons (Fsp3) is 0.273. The maximum absolute atomic E-state index is 8.53. The Labute approximate surface area is 209 Å².